The Kier molecular flexibility index (Phi) is 6.51. The quantitative estimate of drug-likeness (QED) is 0.341. The van der Waals surface area contributed by atoms with Gasteiger partial charge in [-0.3, -0.25) is 9.59 Å². The Morgan fingerprint density at radius 2 is 1.62 bits per heavy atom. The Morgan fingerprint density at radius 1 is 0.882 bits per heavy atom. The zero-order valence-corrected chi connectivity index (χ0v) is 20.6. The molecule has 0 unspecified atom stereocenters. The molecule has 0 bridgehead atoms. The summed E-state index contributed by atoms with van der Waals surface area (Å²) in [5.74, 6) is 0.712. The molecule has 0 spiro atoms. The molecule has 34 heavy (non-hydrogen) atoms. The van der Waals surface area contributed by atoms with Crippen LogP contribution < -0.4 is 10.2 Å². The summed E-state index contributed by atoms with van der Waals surface area (Å²) in [6.45, 7) is 2.92. The molecular weight excluding hydrogens is 514 g/mol. The van der Waals surface area contributed by atoms with Gasteiger partial charge in [0.15, 0.2) is 5.76 Å². The monoisotopic (exact) mass is 535 g/mol. The smallest absolute Gasteiger partial charge is 0.291 e. The van der Waals surface area contributed by atoms with Crippen LogP contribution in [0.2, 0.25) is 0 Å². The Labute approximate surface area is 209 Å². The summed E-state index contributed by atoms with van der Waals surface area (Å²) in [6.07, 6.45) is 0. The predicted molar refractivity (Wildman–Crippen MR) is 139 cm³/mol. The van der Waals surface area contributed by atoms with Crippen LogP contribution in [0.3, 0.4) is 0 Å². The van der Waals surface area contributed by atoms with Crippen molar-refractivity contribution >= 4 is 50.5 Å². The number of hydrogen-bond donors (Lipinski definition) is 1. The highest BCUT2D eigenvalue weighted by atomic mass is 79.9. The number of benzene rings is 2. The number of thiophene rings is 1. The van der Waals surface area contributed by atoms with Gasteiger partial charge in [0, 0.05) is 47.6 Å². The first-order chi connectivity index (χ1) is 16.6. The van der Waals surface area contributed by atoms with E-state index in [9.17, 15) is 9.59 Å². The van der Waals surface area contributed by atoms with Crippen LogP contribution in [-0.4, -0.2) is 42.9 Å². The molecule has 1 aliphatic rings. The average Bonchev–Trinajstić information content (AvgIpc) is 3.58. The van der Waals surface area contributed by atoms with Gasteiger partial charge in [-0.1, -0.05) is 34.1 Å². The van der Waals surface area contributed by atoms with Crippen LogP contribution in [0.1, 0.15) is 20.2 Å². The minimum atomic E-state index is -0.295. The highest BCUT2D eigenvalue weighted by Gasteiger charge is 2.23. The average molecular weight is 536 g/mol. The number of piperazine rings is 1. The first-order valence-electron chi connectivity index (χ1n) is 10.9. The third kappa shape index (κ3) is 4.93. The van der Waals surface area contributed by atoms with E-state index in [2.05, 4.69) is 26.1 Å². The number of rotatable bonds is 5. The molecule has 0 radical (unpaired) electrons. The lowest BCUT2D eigenvalue weighted by atomic mass is 10.2. The van der Waals surface area contributed by atoms with Crippen molar-refractivity contribution in [3.8, 4) is 11.3 Å². The molecule has 6 nitrogen and oxygen atoms in total. The van der Waals surface area contributed by atoms with Crippen molar-refractivity contribution in [1.29, 1.82) is 0 Å². The minimum absolute atomic E-state index is 0.105. The number of nitrogens with one attached hydrogen (secondary N) is 1. The molecule has 4 aromatic rings. The predicted octanol–water partition coefficient (Wildman–Crippen LogP) is 5.99. The second-order valence-corrected chi connectivity index (χ2v) is 9.79. The number of nitrogens with zero attached hydrogens (tertiary/aromatic N) is 2. The highest BCUT2D eigenvalue weighted by molar-refractivity contribution is 9.10. The van der Waals surface area contributed by atoms with E-state index in [-0.39, 0.29) is 17.6 Å². The van der Waals surface area contributed by atoms with Gasteiger partial charge in [0.05, 0.1) is 4.88 Å². The number of furan rings is 1. The lowest BCUT2D eigenvalue weighted by Gasteiger charge is -2.36. The van der Waals surface area contributed by atoms with Gasteiger partial charge in [-0.15, -0.1) is 11.3 Å². The lowest BCUT2D eigenvalue weighted by molar-refractivity contribution is 0.0751. The van der Waals surface area contributed by atoms with Crippen molar-refractivity contribution in [2.75, 3.05) is 36.4 Å². The van der Waals surface area contributed by atoms with E-state index in [1.54, 1.807) is 12.1 Å². The molecule has 0 aliphatic carbocycles. The molecule has 2 aromatic carbocycles. The summed E-state index contributed by atoms with van der Waals surface area (Å²) in [6, 6.07) is 22.7. The van der Waals surface area contributed by atoms with Crippen LogP contribution in [0.25, 0.3) is 11.3 Å². The van der Waals surface area contributed by atoms with E-state index >= 15 is 0 Å². The fourth-order valence-corrected chi connectivity index (χ4v) is 4.86. The van der Waals surface area contributed by atoms with Crippen molar-refractivity contribution < 1.29 is 14.0 Å². The van der Waals surface area contributed by atoms with Crippen LogP contribution in [-0.2, 0) is 0 Å². The zero-order chi connectivity index (χ0) is 23.5. The summed E-state index contributed by atoms with van der Waals surface area (Å²) in [5.41, 5.74) is 2.67. The van der Waals surface area contributed by atoms with Gasteiger partial charge in [-0.25, -0.2) is 0 Å². The number of carbonyl (C=O) groups excluding carboxylic acids is 2. The van der Waals surface area contributed by atoms with Gasteiger partial charge in [-0.2, -0.15) is 0 Å². The molecule has 2 amide bonds. The first-order valence-corrected chi connectivity index (χ1v) is 12.6. The summed E-state index contributed by atoms with van der Waals surface area (Å²) in [5, 5.41) is 4.82. The van der Waals surface area contributed by atoms with Gasteiger partial charge in [0.1, 0.15) is 5.76 Å². The molecule has 8 heteroatoms. The number of amides is 2. The largest absolute Gasteiger partial charge is 0.451 e. The number of carbonyl (C=O) groups is 2. The fourth-order valence-electron chi connectivity index (χ4n) is 3.90. The Balaban J connectivity index is 1.17. The molecular formula is C26H22BrN3O3S. The molecule has 1 N–H and O–H groups in total. The maximum absolute atomic E-state index is 12.6. The summed E-state index contributed by atoms with van der Waals surface area (Å²) in [7, 11) is 0. The number of halogens is 1. The molecule has 5 rings (SSSR count). The van der Waals surface area contributed by atoms with Crippen molar-refractivity contribution in [3.63, 3.8) is 0 Å². The van der Waals surface area contributed by atoms with Gasteiger partial charge in [0.2, 0.25) is 0 Å². The van der Waals surface area contributed by atoms with Crippen LogP contribution in [0.15, 0.2) is 87.1 Å². The fraction of sp³-hybridized carbons (Fsp3) is 0.154. The maximum Gasteiger partial charge on any atom is 0.291 e. The molecule has 0 saturated carbocycles. The van der Waals surface area contributed by atoms with E-state index in [0.29, 0.717) is 24.5 Å². The standard InChI is InChI=1S/C26H22BrN3O3S/c27-19-5-3-18(4-6-19)22-11-12-23(33-22)25(31)28-20-7-9-21(10-8-20)29-13-15-30(16-14-29)26(32)24-2-1-17-34-24/h1-12,17H,13-16H2,(H,28,31). The Bertz CT molecular complexity index is 1280. The normalized spacial score (nSPS) is 13.7. The van der Waals surface area contributed by atoms with Gasteiger partial charge in [0.25, 0.3) is 11.8 Å². The summed E-state index contributed by atoms with van der Waals surface area (Å²) >= 11 is 4.90. The maximum atomic E-state index is 12.6. The van der Waals surface area contributed by atoms with E-state index in [4.69, 9.17) is 4.42 Å². The number of anilines is 2. The highest BCUT2D eigenvalue weighted by Crippen LogP contribution is 2.25. The van der Waals surface area contributed by atoms with Crippen LogP contribution in [0, 0.1) is 0 Å². The molecule has 1 saturated heterocycles. The van der Waals surface area contributed by atoms with E-state index in [1.807, 2.05) is 70.9 Å². The lowest BCUT2D eigenvalue weighted by Crippen LogP contribution is -2.48. The molecule has 1 aliphatic heterocycles. The van der Waals surface area contributed by atoms with Crippen LogP contribution in [0.4, 0.5) is 11.4 Å². The van der Waals surface area contributed by atoms with E-state index < -0.39 is 0 Å². The third-order valence-corrected chi connectivity index (χ3v) is 7.13. The second kappa shape index (κ2) is 9.87. The minimum Gasteiger partial charge on any atom is -0.451 e. The van der Waals surface area contributed by atoms with E-state index in [0.717, 1.165) is 33.7 Å². The molecule has 1 fully saturated rings. The van der Waals surface area contributed by atoms with Gasteiger partial charge >= 0.3 is 0 Å². The number of hydrogen-bond acceptors (Lipinski definition) is 5. The van der Waals surface area contributed by atoms with Crippen molar-refractivity contribution in [3.05, 3.63) is 93.3 Å². The topological polar surface area (TPSA) is 65.8 Å². The SMILES string of the molecule is O=C(Nc1ccc(N2CCN(C(=O)c3cccs3)CC2)cc1)c1ccc(-c2ccc(Br)cc2)o1. The molecule has 3 heterocycles. The zero-order valence-electron chi connectivity index (χ0n) is 18.2. The van der Waals surface area contributed by atoms with Crippen LogP contribution in [0.5, 0.6) is 0 Å². The Hall–Kier alpha value is -3.36. The van der Waals surface area contributed by atoms with Gasteiger partial charge < -0.3 is 19.5 Å². The van der Waals surface area contributed by atoms with Crippen molar-refractivity contribution in [2.24, 2.45) is 0 Å². The summed E-state index contributed by atoms with van der Waals surface area (Å²) in [4.78, 5) is 30.1. The summed E-state index contributed by atoms with van der Waals surface area (Å²) < 4.78 is 6.74. The Morgan fingerprint density at radius 3 is 2.29 bits per heavy atom. The third-order valence-electron chi connectivity index (χ3n) is 5.75. The van der Waals surface area contributed by atoms with Crippen molar-refractivity contribution in [2.45, 2.75) is 0 Å². The van der Waals surface area contributed by atoms with E-state index in [1.165, 1.54) is 11.3 Å². The first kappa shape index (κ1) is 22.4. The van der Waals surface area contributed by atoms with Crippen molar-refractivity contribution in [1.82, 2.24) is 4.90 Å². The van der Waals surface area contributed by atoms with Crippen LogP contribution >= 0.6 is 27.3 Å². The molecule has 0 atom stereocenters. The molecule has 172 valence electrons. The van der Waals surface area contributed by atoms with Gasteiger partial charge in [-0.05, 0) is 60.0 Å². The second-order valence-electron chi connectivity index (χ2n) is 7.93. The molecule has 2 aromatic heterocycles.